The normalized spacial score (nSPS) is 11.4. The highest BCUT2D eigenvalue weighted by Gasteiger charge is 2.15. The van der Waals surface area contributed by atoms with Crippen LogP contribution < -0.4 is 0 Å². The van der Waals surface area contributed by atoms with E-state index in [9.17, 15) is 5.11 Å². The molecule has 0 fully saturated rings. The fourth-order valence-electron chi connectivity index (χ4n) is 2.47. The third kappa shape index (κ3) is 1.84. The molecule has 0 aliphatic heterocycles. The van der Waals surface area contributed by atoms with Gasteiger partial charge in [-0.25, -0.2) is 0 Å². The molecule has 0 spiro atoms. The summed E-state index contributed by atoms with van der Waals surface area (Å²) in [5.41, 5.74) is 2.73. The smallest absolute Gasteiger partial charge is 0.140 e. The minimum absolute atomic E-state index is 0.0255. The summed E-state index contributed by atoms with van der Waals surface area (Å²) >= 11 is 6.00. The molecule has 4 nitrogen and oxygen atoms in total. The number of rotatable bonds is 2. The summed E-state index contributed by atoms with van der Waals surface area (Å²) in [7, 11) is 1.88. The quantitative estimate of drug-likeness (QED) is 0.781. The molecule has 0 radical (unpaired) electrons. The van der Waals surface area contributed by atoms with Gasteiger partial charge in [-0.1, -0.05) is 11.6 Å². The summed E-state index contributed by atoms with van der Waals surface area (Å²) in [4.78, 5) is 0. The second kappa shape index (κ2) is 4.40. The molecular formula is C14H14ClN3O. The molecule has 0 saturated heterocycles. The Kier molecular flexibility index (Phi) is 2.84. The van der Waals surface area contributed by atoms with Gasteiger partial charge in [0.1, 0.15) is 5.82 Å². The molecule has 2 heterocycles. The topological polar surface area (TPSA) is 43.0 Å². The Morgan fingerprint density at radius 1 is 1.32 bits per heavy atom. The molecule has 1 aromatic carbocycles. The largest absolute Gasteiger partial charge is 0.391 e. The fraction of sp³-hybridized carbons (Fsp3) is 0.214. The van der Waals surface area contributed by atoms with Gasteiger partial charge in [0.2, 0.25) is 0 Å². The molecule has 0 atom stereocenters. The van der Waals surface area contributed by atoms with Gasteiger partial charge in [-0.15, -0.1) is 0 Å². The zero-order chi connectivity index (χ0) is 13.6. The van der Waals surface area contributed by atoms with Crippen LogP contribution in [-0.2, 0) is 13.7 Å². The lowest BCUT2D eigenvalue weighted by molar-refractivity contribution is 0.280. The Morgan fingerprint density at radius 2 is 2.11 bits per heavy atom. The fourth-order valence-corrected chi connectivity index (χ4v) is 2.65. The van der Waals surface area contributed by atoms with Crippen LogP contribution >= 0.6 is 11.6 Å². The molecule has 0 unspecified atom stereocenters. The van der Waals surface area contributed by atoms with Crippen molar-refractivity contribution in [2.75, 3.05) is 0 Å². The second-order valence-electron chi connectivity index (χ2n) is 4.56. The van der Waals surface area contributed by atoms with Crippen LogP contribution in [0.2, 0.25) is 5.02 Å². The number of halogens is 1. The van der Waals surface area contributed by atoms with Gasteiger partial charge in [0.25, 0.3) is 0 Å². The summed E-state index contributed by atoms with van der Waals surface area (Å²) in [5, 5.41) is 15.7. The van der Waals surface area contributed by atoms with Crippen molar-refractivity contribution in [1.29, 1.82) is 0 Å². The number of fused-ring (bicyclic) bond motifs is 1. The SMILES string of the molecule is Cc1nn(C)c(-n2ccc3cc(Cl)ccc32)c1CO. The summed E-state index contributed by atoms with van der Waals surface area (Å²) in [6.45, 7) is 1.87. The standard InChI is InChI=1S/C14H14ClN3O/c1-9-12(8-19)14(17(2)16-9)18-6-5-10-7-11(15)3-4-13(10)18/h3-7,19H,8H2,1-2H3. The van der Waals surface area contributed by atoms with Gasteiger partial charge in [0, 0.05) is 29.2 Å². The molecule has 98 valence electrons. The Balaban J connectivity index is 2.30. The molecule has 19 heavy (non-hydrogen) atoms. The Hall–Kier alpha value is -1.78. The Labute approximate surface area is 115 Å². The van der Waals surface area contributed by atoms with E-state index in [0.29, 0.717) is 5.02 Å². The lowest BCUT2D eigenvalue weighted by atomic mass is 10.2. The Bertz CT molecular complexity index is 757. The third-order valence-corrected chi connectivity index (χ3v) is 3.59. The molecule has 5 heteroatoms. The first-order valence-corrected chi connectivity index (χ1v) is 6.40. The van der Waals surface area contributed by atoms with Gasteiger partial charge in [-0.05, 0) is 31.2 Å². The van der Waals surface area contributed by atoms with Crippen molar-refractivity contribution in [2.45, 2.75) is 13.5 Å². The highest BCUT2D eigenvalue weighted by atomic mass is 35.5. The van der Waals surface area contributed by atoms with Gasteiger partial charge in [-0.2, -0.15) is 5.10 Å². The molecule has 0 aliphatic carbocycles. The monoisotopic (exact) mass is 275 g/mol. The first-order chi connectivity index (χ1) is 9.11. The Morgan fingerprint density at radius 3 is 2.84 bits per heavy atom. The van der Waals surface area contributed by atoms with Crippen molar-refractivity contribution < 1.29 is 5.11 Å². The number of aliphatic hydroxyl groups is 1. The van der Waals surface area contributed by atoms with Crippen LogP contribution in [0.1, 0.15) is 11.3 Å². The number of hydrogen-bond donors (Lipinski definition) is 1. The molecule has 0 bridgehead atoms. The molecule has 1 N–H and O–H groups in total. The van der Waals surface area contributed by atoms with Gasteiger partial charge >= 0.3 is 0 Å². The van der Waals surface area contributed by atoms with Crippen molar-refractivity contribution in [3.63, 3.8) is 0 Å². The summed E-state index contributed by atoms with van der Waals surface area (Å²) in [6.07, 6.45) is 1.97. The second-order valence-corrected chi connectivity index (χ2v) is 4.99. The van der Waals surface area contributed by atoms with E-state index in [4.69, 9.17) is 11.6 Å². The van der Waals surface area contributed by atoms with E-state index < -0.39 is 0 Å². The predicted octanol–water partition coefficient (Wildman–Crippen LogP) is 2.82. The molecule has 2 aromatic heterocycles. The molecule has 0 amide bonds. The van der Waals surface area contributed by atoms with Crippen LogP contribution in [0.25, 0.3) is 16.7 Å². The maximum Gasteiger partial charge on any atom is 0.140 e. The zero-order valence-electron chi connectivity index (χ0n) is 10.8. The summed E-state index contributed by atoms with van der Waals surface area (Å²) < 4.78 is 3.81. The minimum atomic E-state index is -0.0255. The van der Waals surface area contributed by atoms with Gasteiger partial charge < -0.3 is 9.67 Å². The summed E-state index contributed by atoms with van der Waals surface area (Å²) in [5.74, 6) is 0.886. The van der Waals surface area contributed by atoms with E-state index in [1.807, 2.05) is 49.0 Å². The summed E-state index contributed by atoms with van der Waals surface area (Å²) in [6, 6.07) is 7.77. The van der Waals surface area contributed by atoms with E-state index >= 15 is 0 Å². The van der Waals surface area contributed by atoms with E-state index in [2.05, 4.69) is 5.10 Å². The predicted molar refractivity (Wildman–Crippen MR) is 75.7 cm³/mol. The van der Waals surface area contributed by atoms with Crippen LogP contribution in [0.3, 0.4) is 0 Å². The number of aliphatic hydroxyl groups excluding tert-OH is 1. The van der Waals surface area contributed by atoms with Crippen molar-refractivity contribution in [2.24, 2.45) is 7.05 Å². The number of aryl methyl sites for hydroxylation is 2. The van der Waals surface area contributed by atoms with E-state index in [0.717, 1.165) is 28.0 Å². The van der Waals surface area contributed by atoms with E-state index in [1.165, 1.54) is 0 Å². The molecule has 0 aliphatic rings. The first-order valence-electron chi connectivity index (χ1n) is 6.02. The molecule has 3 aromatic rings. The molecule has 3 rings (SSSR count). The van der Waals surface area contributed by atoms with Crippen molar-refractivity contribution >= 4 is 22.5 Å². The van der Waals surface area contributed by atoms with Gasteiger partial charge in [-0.3, -0.25) is 4.68 Å². The van der Waals surface area contributed by atoms with Crippen LogP contribution in [0, 0.1) is 6.92 Å². The zero-order valence-corrected chi connectivity index (χ0v) is 11.5. The van der Waals surface area contributed by atoms with E-state index in [1.54, 1.807) is 4.68 Å². The highest BCUT2D eigenvalue weighted by Crippen LogP contribution is 2.26. The lowest BCUT2D eigenvalue weighted by Crippen LogP contribution is -2.04. The number of benzene rings is 1. The minimum Gasteiger partial charge on any atom is -0.391 e. The molecular weight excluding hydrogens is 262 g/mol. The first kappa shape index (κ1) is 12.3. The maximum absolute atomic E-state index is 9.54. The van der Waals surface area contributed by atoms with Gasteiger partial charge in [0.05, 0.1) is 17.8 Å². The van der Waals surface area contributed by atoms with Crippen molar-refractivity contribution in [3.8, 4) is 5.82 Å². The number of hydrogen-bond acceptors (Lipinski definition) is 2. The van der Waals surface area contributed by atoms with E-state index in [-0.39, 0.29) is 6.61 Å². The van der Waals surface area contributed by atoms with Crippen LogP contribution in [0.5, 0.6) is 0 Å². The van der Waals surface area contributed by atoms with Crippen LogP contribution in [0.4, 0.5) is 0 Å². The lowest BCUT2D eigenvalue weighted by Gasteiger charge is -2.08. The average molecular weight is 276 g/mol. The van der Waals surface area contributed by atoms with Crippen molar-refractivity contribution in [1.82, 2.24) is 14.3 Å². The molecule has 0 saturated carbocycles. The number of aromatic nitrogens is 3. The average Bonchev–Trinajstić information content (AvgIpc) is 2.89. The number of nitrogens with zero attached hydrogens (tertiary/aromatic N) is 3. The highest BCUT2D eigenvalue weighted by molar-refractivity contribution is 6.31. The third-order valence-electron chi connectivity index (χ3n) is 3.35. The van der Waals surface area contributed by atoms with Crippen LogP contribution in [0.15, 0.2) is 30.5 Å². The maximum atomic E-state index is 9.54. The van der Waals surface area contributed by atoms with Crippen LogP contribution in [-0.4, -0.2) is 19.5 Å². The van der Waals surface area contributed by atoms with Crippen molar-refractivity contribution in [3.05, 3.63) is 46.7 Å². The van der Waals surface area contributed by atoms with Gasteiger partial charge in [0.15, 0.2) is 0 Å².